The van der Waals surface area contributed by atoms with Crippen LogP contribution in [0.2, 0.25) is 0 Å². The van der Waals surface area contributed by atoms with Gasteiger partial charge in [0.05, 0.1) is 18.8 Å². The van der Waals surface area contributed by atoms with Crippen LogP contribution < -0.4 is 0 Å². The van der Waals surface area contributed by atoms with Gasteiger partial charge in [-0.05, 0) is 42.5 Å². The first kappa shape index (κ1) is 15.9. The van der Waals surface area contributed by atoms with E-state index in [4.69, 9.17) is 5.11 Å². The highest BCUT2D eigenvalue weighted by Gasteiger charge is 2.27. The maximum absolute atomic E-state index is 12.9. The molecular weight excluding hydrogens is 316 g/mol. The molecule has 0 saturated carbocycles. The van der Waals surface area contributed by atoms with Gasteiger partial charge >= 0.3 is 0 Å². The van der Waals surface area contributed by atoms with Crippen molar-refractivity contribution in [1.82, 2.24) is 19.7 Å². The number of hydrogen-bond donors (Lipinski definition) is 2. The summed E-state index contributed by atoms with van der Waals surface area (Å²) in [5.41, 5.74) is 2.72. The Hall–Kier alpha value is -2.60. The number of rotatable bonds is 4. The summed E-state index contributed by atoms with van der Waals surface area (Å²) in [6, 6.07) is 9.81. The summed E-state index contributed by atoms with van der Waals surface area (Å²) in [6.07, 6.45) is 5.80. The number of nitrogens with one attached hydrogen (secondary N) is 1. The number of aliphatic hydroxyl groups is 1. The molecule has 1 aliphatic rings. The van der Waals surface area contributed by atoms with Crippen LogP contribution in [0, 0.1) is 0 Å². The fourth-order valence-corrected chi connectivity index (χ4v) is 3.59. The average molecular weight is 338 g/mol. The molecule has 3 aromatic rings. The first-order valence-electron chi connectivity index (χ1n) is 8.75. The number of carbonyl (C=O) groups is 1. The van der Waals surface area contributed by atoms with E-state index >= 15 is 0 Å². The molecule has 0 radical (unpaired) electrons. The molecule has 2 aromatic heterocycles. The SMILES string of the molecule is O=C(c1ccc2cc[nH]c2c1)N1CCCC(c2ccn(CCO)n2)C1. The topological polar surface area (TPSA) is 74.2 Å². The monoisotopic (exact) mass is 338 g/mol. The Morgan fingerprint density at radius 3 is 3.12 bits per heavy atom. The van der Waals surface area contributed by atoms with Gasteiger partial charge in [0, 0.05) is 42.5 Å². The lowest BCUT2D eigenvalue weighted by Crippen LogP contribution is -2.39. The maximum Gasteiger partial charge on any atom is 0.253 e. The van der Waals surface area contributed by atoms with Crippen LogP contribution in [-0.2, 0) is 6.54 Å². The van der Waals surface area contributed by atoms with Gasteiger partial charge < -0.3 is 15.0 Å². The number of likely N-dealkylation sites (tertiary alicyclic amines) is 1. The molecule has 6 heteroatoms. The highest BCUT2D eigenvalue weighted by atomic mass is 16.3. The Morgan fingerprint density at radius 2 is 2.24 bits per heavy atom. The molecule has 0 bridgehead atoms. The summed E-state index contributed by atoms with van der Waals surface area (Å²) in [5.74, 6) is 0.336. The Morgan fingerprint density at radius 1 is 1.32 bits per heavy atom. The van der Waals surface area contributed by atoms with Gasteiger partial charge in [0.2, 0.25) is 0 Å². The van der Waals surface area contributed by atoms with Crippen LogP contribution >= 0.6 is 0 Å². The number of hydrogen-bond acceptors (Lipinski definition) is 3. The molecule has 25 heavy (non-hydrogen) atoms. The molecule has 0 aliphatic carbocycles. The normalized spacial score (nSPS) is 18.0. The molecule has 2 N–H and O–H groups in total. The minimum atomic E-state index is 0.0796. The summed E-state index contributed by atoms with van der Waals surface area (Å²) in [7, 11) is 0. The van der Waals surface area contributed by atoms with E-state index in [1.165, 1.54) is 0 Å². The number of H-pyrrole nitrogens is 1. The van der Waals surface area contributed by atoms with Gasteiger partial charge in [-0.1, -0.05) is 6.07 Å². The largest absolute Gasteiger partial charge is 0.394 e. The number of amides is 1. The number of fused-ring (bicyclic) bond motifs is 1. The van der Waals surface area contributed by atoms with E-state index < -0.39 is 0 Å². The van der Waals surface area contributed by atoms with E-state index in [2.05, 4.69) is 10.1 Å². The number of piperidine rings is 1. The Balaban J connectivity index is 1.50. The minimum Gasteiger partial charge on any atom is -0.394 e. The number of aliphatic hydroxyl groups excluding tert-OH is 1. The van der Waals surface area contributed by atoms with Crippen LogP contribution in [0.25, 0.3) is 10.9 Å². The lowest BCUT2D eigenvalue weighted by atomic mass is 9.94. The molecule has 3 heterocycles. The molecule has 130 valence electrons. The van der Waals surface area contributed by atoms with Crippen molar-refractivity contribution in [2.45, 2.75) is 25.3 Å². The van der Waals surface area contributed by atoms with Crippen molar-refractivity contribution in [3.63, 3.8) is 0 Å². The summed E-state index contributed by atoms with van der Waals surface area (Å²) in [4.78, 5) is 18.0. The summed E-state index contributed by atoms with van der Waals surface area (Å²) in [5, 5.41) is 14.7. The van der Waals surface area contributed by atoms with Crippen molar-refractivity contribution in [1.29, 1.82) is 0 Å². The predicted octanol–water partition coefficient (Wildman–Crippen LogP) is 2.38. The van der Waals surface area contributed by atoms with Gasteiger partial charge in [0.25, 0.3) is 5.91 Å². The first-order chi connectivity index (χ1) is 12.2. The molecule has 6 nitrogen and oxygen atoms in total. The molecular formula is C19H22N4O2. The third kappa shape index (κ3) is 3.17. The van der Waals surface area contributed by atoms with Gasteiger partial charge in [-0.15, -0.1) is 0 Å². The Bertz CT molecular complexity index is 882. The van der Waals surface area contributed by atoms with Crippen LogP contribution in [0.5, 0.6) is 0 Å². The molecule has 4 rings (SSSR count). The second kappa shape index (κ2) is 6.72. The highest BCUT2D eigenvalue weighted by molar-refractivity contribution is 5.98. The van der Waals surface area contributed by atoms with Crippen LogP contribution in [0.4, 0.5) is 0 Å². The molecule has 1 aliphatic heterocycles. The minimum absolute atomic E-state index is 0.0796. The van der Waals surface area contributed by atoms with Gasteiger partial charge in [-0.2, -0.15) is 5.10 Å². The highest BCUT2D eigenvalue weighted by Crippen LogP contribution is 2.27. The average Bonchev–Trinajstić information content (AvgIpc) is 3.30. The number of aromatic amines is 1. The van der Waals surface area contributed by atoms with Crippen LogP contribution in [0.15, 0.2) is 42.7 Å². The van der Waals surface area contributed by atoms with Crippen molar-refractivity contribution >= 4 is 16.8 Å². The van der Waals surface area contributed by atoms with E-state index in [1.54, 1.807) is 4.68 Å². The predicted molar refractivity (Wildman–Crippen MR) is 95.5 cm³/mol. The van der Waals surface area contributed by atoms with Crippen molar-refractivity contribution in [2.24, 2.45) is 0 Å². The van der Waals surface area contributed by atoms with Crippen LogP contribution in [-0.4, -0.2) is 50.4 Å². The zero-order valence-electron chi connectivity index (χ0n) is 14.1. The van der Waals surface area contributed by atoms with E-state index in [1.807, 2.05) is 47.6 Å². The van der Waals surface area contributed by atoms with E-state index in [0.29, 0.717) is 13.1 Å². The fraction of sp³-hybridized carbons (Fsp3) is 0.368. The molecule has 1 aromatic carbocycles. The van der Waals surface area contributed by atoms with E-state index in [9.17, 15) is 4.79 Å². The quantitative estimate of drug-likeness (QED) is 0.767. The zero-order chi connectivity index (χ0) is 17.2. The van der Waals surface area contributed by atoms with Crippen LogP contribution in [0.1, 0.15) is 34.8 Å². The molecule has 1 saturated heterocycles. The van der Waals surface area contributed by atoms with Crippen molar-refractivity contribution < 1.29 is 9.90 Å². The molecule has 1 atom stereocenters. The van der Waals surface area contributed by atoms with Crippen molar-refractivity contribution in [3.05, 3.63) is 54.0 Å². The molecule has 0 spiro atoms. The van der Waals surface area contributed by atoms with Gasteiger partial charge in [0.15, 0.2) is 0 Å². The van der Waals surface area contributed by atoms with E-state index in [0.717, 1.165) is 41.5 Å². The molecule has 1 unspecified atom stereocenters. The third-order valence-corrected chi connectivity index (χ3v) is 4.92. The van der Waals surface area contributed by atoms with Crippen molar-refractivity contribution in [2.75, 3.05) is 19.7 Å². The summed E-state index contributed by atoms with van der Waals surface area (Å²) >= 11 is 0. The first-order valence-corrected chi connectivity index (χ1v) is 8.75. The summed E-state index contributed by atoms with van der Waals surface area (Å²) < 4.78 is 1.76. The van der Waals surface area contributed by atoms with Gasteiger partial charge in [-0.25, -0.2) is 0 Å². The third-order valence-electron chi connectivity index (χ3n) is 4.92. The number of aromatic nitrogens is 3. The van der Waals surface area contributed by atoms with Crippen molar-refractivity contribution in [3.8, 4) is 0 Å². The number of carbonyl (C=O) groups excluding carboxylic acids is 1. The second-order valence-corrected chi connectivity index (χ2v) is 6.60. The molecule has 1 amide bonds. The van der Waals surface area contributed by atoms with Crippen LogP contribution in [0.3, 0.4) is 0 Å². The van der Waals surface area contributed by atoms with Gasteiger partial charge in [-0.3, -0.25) is 9.48 Å². The smallest absolute Gasteiger partial charge is 0.253 e. The zero-order valence-corrected chi connectivity index (χ0v) is 14.1. The maximum atomic E-state index is 12.9. The second-order valence-electron chi connectivity index (χ2n) is 6.60. The number of benzene rings is 1. The van der Waals surface area contributed by atoms with E-state index in [-0.39, 0.29) is 18.4 Å². The van der Waals surface area contributed by atoms with Gasteiger partial charge in [0.1, 0.15) is 0 Å². The summed E-state index contributed by atoms with van der Waals surface area (Å²) in [6.45, 7) is 2.07. The Labute approximate surface area is 146 Å². The Kier molecular flexibility index (Phi) is 4.28. The number of nitrogens with zero attached hydrogens (tertiary/aromatic N) is 3. The lowest BCUT2D eigenvalue weighted by Gasteiger charge is -2.32. The molecule has 1 fully saturated rings. The lowest BCUT2D eigenvalue weighted by molar-refractivity contribution is 0.0706. The fourth-order valence-electron chi connectivity index (χ4n) is 3.59. The standard InChI is InChI=1S/C19H22N4O2/c24-11-10-23-9-6-17(21-23)16-2-1-8-22(13-16)19(25)15-4-3-14-5-7-20-18(14)12-15/h3-7,9,12,16,20,24H,1-2,8,10-11,13H2.